The van der Waals surface area contributed by atoms with Crippen molar-refractivity contribution in [2.75, 3.05) is 10.6 Å². The minimum atomic E-state index is -0.233. The van der Waals surface area contributed by atoms with E-state index in [4.69, 9.17) is 0 Å². The summed E-state index contributed by atoms with van der Waals surface area (Å²) in [7, 11) is 0. The minimum absolute atomic E-state index is 0.123. The molecule has 3 aromatic rings. The van der Waals surface area contributed by atoms with E-state index < -0.39 is 0 Å². The molecule has 0 saturated heterocycles. The SMILES string of the molecule is CC(C)(C)c1ccc(Nc2ccnc(C(=O)Nc3ccccc3)c2)cc1. The Morgan fingerprint density at radius 2 is 1.54 bits per heavy atom. The summed E-state index contributed by atoms with van der Waals surface area (Å²) in [5, 5.41) is 6.17. The molecular weight excluding hydrogens is 322 g/mol. The molecule has 0 radical (unpaired) electrons. The summed E-state index contributed by atoms with van der Waals surface area (Å²) in [4.78, 5) is 16.5. The highest BCUT2D eigenvalue weighted by Crippen LogP contribution is 2.25. The number of anilines is 3. The van der Waals surface area contributed by atoms with E-state index in [2.05, 4.69) is 48.5 Å². The molecule has 26 heavy (non-hydrogen) atoms. The number of hydrogen-bond donors (Lipinski definition) is 2. The number of pyridine rings is 1. The second-order valence-corrected chi connectivity index (χ2v) is 7.20. The molecule has 2 aromatic carbocycles. The predicted molar refractivity (Wildman–Crippen MR) is 107 cm³/mol. The molecule has 4 heteroatoms. The van der Waals surface area contributed by atoms with E-state index in [9.17, 15) is 4.79 Å². The van der Waals surface area contributed by atoms with Crippen LogP contribution in [0.25, 0.3) is 0 Å². The number of para-hydroxylation sites is 1. The maximum atomic E-state index is 12.4. The van der Waals surface area contributed by atoms with Crippen molar-refractivity contribution in [3.05, 3.63) is 84.2 Å². The number of nitrogens with zero attached hydrogens (tertiary/aromatic N) is 1. The Hall–Kier alpha value is -3.14. The van der Waals surface area contributed by atoms with Crippen molar-refractivity contribution in [2.24, 2.45) is 0 Å². The van der Waals surface area contributed by atoms with Gasteiger partial charge in [-0.1, -0.05) is 51.1 Å². The Labute approximate surface area is 154 Å². The van der Waals surface area contributed by atoms with Gasteiger partial charge >= 0.3 is 0 Å². The molecule has 0 aliphatic carbocycles. The molecular formula is C22H23N3O. The summed E-state index contributed by atoms with van der Waals surface area (Å²) >= 11 is 0. The minimum Gasteiger partial charge on any atom is -0.355 e. The first-order chi connectivity index (χ1) is 12.4. The molecule has 132 valence electrons. The third-order valence-corrected chi connectivity index (χ3v) is 4.06. The van der Waals surface area contributed by atoms with Crippen molar-refractivity contribution in [3.63, 3.8) is 0 Å². The van der Waals surface area contributed by atoms with E-state index in [1.165, 1.54) is 5.56 Å². The van der Waals surface area contributed by atoms with Crippen molar-refractivity contribution < 1.29 is 4.79 Å². The molecule has 3 rings (SSSR count). The molecule has 2 N–H and O–H groups in total. The summed E-state index contributed by atoms with van der Waals surface area (Å²) < 4.78 is 0. The normalized spacial score (nSPS) is 11.0. The van der Waals surface area contributed by atoms with Gasteiger partial charge in [0.15, 0.2) is 0 Å². The zero-order valence-corrected chi connectivity index (χ0v) is 15.3. The summed E-state index contributed by atoms with van der Waals surface area (Å²) in [6, 6.07) is 21.3. The first kappa shape index (κ1) is 17.7. The van der Waals surface area contributed by atoms with Gasteiger partial charge in [0.1, 0.15) is 5.69 Å². The number of rotatable bonds is 4. The molecule has 0 spiro atoms. The van der Waals surface area contributed by atoms with Gasteiger partial charge in [-0.2, -0.15) is 0 Å². The molecule has 0 aliphatic heterocycles. The Balaban J connectivity index is 1.72. The maximum absolute atomic E-state index is 12.4. The molecule has 1 amide bonds. The lowest BCUT2D eigenvalue weighted by Gasteiger charge is -2.19. The van der Waals surface area contributed by atoms with Crippen LogP contribution in [0.1, 0.15) is 36.8 Å². The molecule has 0 saturated carbocycles. The van der Waals surface area contributed by atoms with E-state index >= 15 is 0 Å². The van der Waals surface area contributed by atoms with Crippen LogP contribution in [0.5, 0.6) is 0 Å². The van der Waals surface area contributed by atoms with Crippen LogP contribution in [-0.2, 0) is 5.41 Å². The van der Waals surface area contributed by atoms with Crippen LogP contribution in [0.3, 0.4) is 0 Å². The second-order valence-electron chi connectivity index (χ2n) is 7.20. The van der Waals surface area contributed by atoms with Crippen LogP contribution in [0.2, 0.25) is 0 Å². The molecule has 1 aromatic heterocycles. The van der Waals surface area contributed by atoms with E-state index in [0.717, 1.165) is 17.1 Å². The van der Waals surface area contributed by atoms with E-state index in [-0.39, 0.29) is 11.3 Å². The topological polar surface area (TPSA) is 54.0 Å². The smallest absolute Gasteiger partial charge is 0.274 e. The number of aromatic nitrogens is 1. The van der Waals surface area contributed by atoms with Crippen LogP contribution in [0.4, 0.5) is 17.1 Å². The number of hydrogen-bond acceptors (Lipinski definition) is 3. The van der Waals surface area contributed by atoms with E-state index in [0.29, 0.717) is 5.69 Å². The van der Waals surface area contributed by atoms with Crippen molar-refractivity contribution in [2.45, 2.75) is 26.2 Å². The maximum Gasteiger partial charge on any atom is 0.274 e. The largest absolute Gasteiger partial charge is 0.355 e. The highest BCUT2D eigenvalue weighted by atomic mass is 16.1. The Bertz CT molecular complexity index is 881. The van der Waals surface area contributed by atoms with Gasteiger partial charge in [-0.25, -0.2) is 0 Å². The Kier molecular flexibility index (Phi) is 5.03. The molecule has 0 atom stereocenters. The van der Waals surface area contributed by atoms with E-state index in [1.807, 2.05) is 48.5 Å². The lowest BCUT2D eigenvalue weighted by Crippen LogP contribution is -2.13. The third kappa shape index (κ3) is 4.48. The lowest BCUT2D eigenvalue weighted by atomic mass is 9.87. The highest BCUT2D eigenvalue weighted by Gasteiger charge is 2.13. The standard InChI is InChI=1S/C22H23N3O/c1-22(2,3)16-9-11-18(12-10-16)24-19-13-14-23-20(15-19)21(26)25-17-7-5-4-6-8-17/h4-15H,1-3H3,(H,23,24)(H,25,26). The second kappa shape index (κ2) is 7.40. The summed E-state index contributed by atoms with van der Waals surface area (Å²) in [6.45, 7) is 6.57. The van der Waals surface area contributed by atoms with Gasteiger partial charge in [-0.3, -0.25) is 9.78 Å². The predicted octanol–water partition coefficient (Wildman–Crippen LogP) is 5.38. The highest BCUT2D eigenvalue weighted by molar-refractivity contribution is 6.03. The van der Waals surface area contributed by atoms with Crippen LogP contribution < -0.4 is 10.6 Å². The number of carbonyl (C=O) groups is 1. The van der Waals surface area contributed by atoms with Gasteiger partial charge < -0.3 is 10.6 Å². The fraction of sp³-hybridized carbons (Fsp3) is 0.182. The zero-order chi connectivity index (χ0) is 18.6. The van der Waals surface area contributed by atoms with Crippen molar-refractivity contribution in [3.8, 4) is 0 Å². The van der Waals surface area contributed by atoms with Gasteiger partial charge in [-0.15, -0.1) is 0 Å². The Morgan fingerprint density at radius 1 is 0.846 bits per heavy atom. The molecule has 0 aliphatic rings. The summed E-state index contributed by atoms with van der Waals surface area (Å²) in [6.07, 6.45) is 1.63. The van der Waals surface area contributed by atoms with Crippen LogP contribution in [0.15, 0.2) is 72.9 Å². The van der Waals surface area contributed by atoms with Crippen molar-refractivity contribution >= 4 is 23.0 Å². The number of carbonyl (C=O) groups excluding carboxylic acids is 1. The fourth-order valence-corrected chi connectivity index (χ4v) is 2.57. The van der Waals surface area contributed by atoms with Crippen molar-refractivity contribution in [1.82, 2.24) is 4.98 Å². The van der Waals surface area contributed by atoms with Gasteiger partial charge in [0.2, 0.25) is 0 Å². The van der Waals surface area contributed by atoms with Crippen LogP contribution in [-0.4, -0.2) is 10.9 Å². The Morgan fingerprint density at radius 3 is 2.19 bits per heavy atom. The molecule has 1 heterocycles. The third-order valence-electron chi connectivity index (χ3n) is 4.06. The molecule has 0 bridgehead atoms. The van der Waals surface area contributed by atoms with Crippen molar-refractivity contribution in [1.29, 1.82) is 0 Å². The summed E-state index contributed by atoms with van der Waals surface area (Å²) in [5.74, 6) is -0.233. The number of amides is 1. The summed E-state index contributed by atoms with van der Waals surface area (Å²) in [5.41, 5.74) is 4.30. The monoisotopic (exact) mass is 345 g/mol. The molecule has 4 nitrogen and oxygen atoms in total. The fourth-order valence-electron chi connectivity index (χ4n) is 2.57. The zero-order valence-electron chi connectivity index (χ0n) is 15.3. The molecule has 0 fully saturated rings. The van der Waals surface area contributed by atoms with Crippen LogP contribution >= 0.6 is 0 Å². The quantitative estimate of drug-likeness (QED) is 0.668. The lowest BCUT2D eigenvalue weighted by molar-refractivity contribution is 0.102. The van der Waals surface area contributed by atoms with E-state index in [1.54, 1.807) is 12.3 Å². The van der Waals surface area contributed by atoms with Gasteiger partial charge in [0.25, 0.3) is 5.91 Å². The van der Waals surface area contributed by atoms with Gasteiger partial charge in [-0.05, 0) is 47.4 Å². The first-order valence-electron chi connectivity index (χ1n) is 8.62. The number of nitrogens with one attached hydrogen (secondary N) is 2. The molecule has 0 unspecified atom stereocenters. The average Bonchev–Trinajstić information content (AvgIpc) is 2.62. The number of benzene rings is 2. The van der Waals surface area contributed by atoms with Gasteiger partial charge in [0.05, 0.1) is 0 Å². The van der Waals surface area contributed by atoms with Gasteiger partial charge in [0, 0.05) is 23.3 Å². The average molecular weight is 345 g/mol. The van der Waals surface area contributed by atoms with Crippen LogP contribution in [0, 0.1) is 0 Å². The first-order valence-corrected chi connectivity index (χ1v) is 8.62.